The van der Waals surface area contributed by atoms with E-state index in [1.807, 2.05) is 0 Å². The molecule has 0 radical (unpaired) electrons. The summed E-state index contributed by atoms with van der Waals surface area (Å²) in [6.07, 6.45) is 2.95. The summed E-state index contributed by atoms with van der Waals surface area (Å²) in [5.74, 6) is 0. The summed E-state index contributed by atoms with van der Waals surface area (Å²) in [5.41, 5.74) is -0.280. The number of hydrogen-bond acceptors (Lipinski definition) is 4. The van der Waals surface area contributed by atoms with E-state index in [4.69, 9.17) is 4.74 Å². The monoisotopic (exact) mass is 236 g/mol. The van der Waals surface area contributed by atoms with E-state index in [-0.39, 0.29) is 12.2 Å². The van der Waals surface area contributed by atoms with E-state index < -0.39 is 11.2 Å². The lowest BCUT2D eigenvalue weighted by molar-refractivity contribution is 0.0987. The second-order valence-electron chi connectivity index (χ2n) is 3.46. The number of imidazole rings is 1. The smallest absolute Gasteiger partial charge is 0.334 e. The Balaban J connectivity index is 2.61. The summed E-state index contributed by atoms with van der Waals surface area (Å²) in [6.45, 7) is 3.86. The minimum absolute atomic E-state index is 0.0281. The van der Waals surface area contributed by atoms with Crippen LogP contribution in [0.5, 0.6) is 0 Å². The Labute approximate surface area is 96.0 Å². The Hall–Kier alpha value is -2.15. The molecule has 0 unspecified atom stereocenters. The van der Waals surface area contributed by atoms with Gasteiger partial charge in [0.05, 0.1) is 12.9 Å². The van der Waals surface area contributed by atoms with E-state index in [1.165, 1.54) is 17.9 Å². The van der Waals surface area contributed by atoms with Gasteiger partial charge in [-0.15, -0.1) is 6.58 Å². The van der Waals surface area contributed by atoms with Crippen LogP contribution >= 0.6 is 0 Å². The maximum atomic E-state index is 11.9. The fourth-order valence-corrected chi connectivity index (χ4v) is 1.52. The second kappa shape index (κ2) is 4.38. The highest BCUT2D eigenvalue weighted by atomic mass is 16.5. The van der Waals surface area contributed by atoms with Gasteiger partial charge in [0.2, 0.25) is 0 Å². The topological polar surface area (TPSA) is 81.9 Å². The standard InChI is InChI=1S/C10H12N4O3/c1-3-4-17-6-14-8-7(11-5-12-8)9(15)13(2)10(14)16/h3,5H,1,4,6H2,2H3,(H,11,12). The van der Waals surface area contributed by atoms with Gasteiger partial charge < -0.3 is 9.72 Å². The first-order chi connectivity index (χ1) is 8.16. The van der Waals surface area contributed by atoms with E-state index >= 15 is 0 Å². The van der Waals surface area contributed by atoms with Crippen LogP contribution in [0.1, 0.15) is 0 Å². The number of aromatic amines is 1. The van der Waals surface area contributed by atoms with Gasteiger partial charge in [-0.2, -0.15) is 0 Å². The van der Waals surface area contributed by atoms with Gasteiger partial charge in [0.25, 0.3) is 5.56 Å². The average Bonchev–Trinajstić information content (AvgIpc) is 2.80. The first-order valence-electron chi connectivity index (χ1n) is 4.98. The lowest BCUT2D eigenvalue weighted by Gasteiger charge is -2.07. The zero-order valence-electron chi connectivity index (χ0n) is 9.34. The summed E-state index contributed by atoms with van der Waals surface area (Å²) in [5, 5.41) is 0. The van der Waals surface area contributed by atoms with Crippen molar-refractivity contribution < 1.29 is 4.74 Å². The molecule has 0 bridgehead atoms. The van der Waals surface area contributed by atoms with Crippen LogP contribution in [0.2, 0.25) is 0 Å². The number of hydrogen-bond donors (Lipinski definition) is 1. The molecule has 7 heteroatoms. The molecule has 0 aliphatic rings. The maximum absolute atomic E-state index is 11.9. The fourth-order valence-electron chi connectivity index (χ4n) is 1.52. The van der Waals surface area contributed by atoms with Crippen LogP contribution in [-0.4, -0.2) is 25.7 Å². The molecule has 90 valence electrons. The lowest BCUT2D eigenvalue weighted by Crippen LogP contribution is -2.38. The van der Waals surface area contributed by atoms with E-state index in [2.05, 4.69) is 16.5 Å². The molecule has 0 amide bonds. The SMILES string of the molecule is C=CCOCn1c(=O)n(C)c(=O)c2[nH]cnc21. The molecule has 0 spiro atoms. The van der Waals surface area contributed by atoms with Gasteiger partial charge in [0.1, 0.15) is 12.2 Å². The van der Waals surface area contributed by atoms with Gasteiger partial charge in [-0.25, -0.2) is 9.78 Å². The van der Waals surface area contributed by atoms with Gasteiger partial charge >= 0.3 is 5.69 Å². The highest BCUT2D eigenvalue weighted by Crippen LogP contribution is 2.00. The van der Waals surface area contributed by atoms with E-state index in [0.29, 0.717) is 12.3 Å². The van der Waals surface area contributed by atoms with Crippen LogP contribution in [-0.2, 0) is 18.5 Å². The van der Waals surface area contributed by atoms with Crippen molar-refractivity contribution in [3.05, 3.63) is 39.8 Å². The molecule has 2 aromatic heterocycles. The normalized spacial score (nSPS) is 10.9. The third-order valence-electron chi connectivity index (χ3n) is 2.37. The van der Waals surface area contributed by atoms with Crippen molar-refractivity contribution in [1.82, 2.24) is 19.1 Å². The predicted molar refractivity (Wildman–Crippen MR) is 61.7 cm³/mol. The van der Waals surface area contributed by atoms with E-state index in [1.54, 1.807) is 6.08 Å². The minimum atomic E-state index is -0.460. The fraction of sp³-hybridized carbons (Fsp3) is 0.300. The van der Waals surface area contributed by atoms with Crippen molar-refractivity contribution >= 4 is 11.2 Å². The zero-order chi connectivity index (χ0) is 12.4. The molecular weight excluding hydrogens is 224 g/mol. The van der Waals surface area contributed by atoms with Crippen LogP contribution in [0.15, 0.2) is 28.6 Å². The molecule has 0 aromatic carbocycles. The first kappa shape index (κ1) is 11.3. The Kier molecular flexibility index (Phi) is 2.92. The number of nitrogens with zero attached hydrogens (tertiary/aromatic N) is 3. The molecule has 0 aliphatic heterocycles. The number of H-pyrrole nitrogens is 1. The van der Waals surface area contributed by atoms with Gasteiger partial charge in [-0.3, -0.25) is 13.9 Å². The first-order valence-corrected chi connectivity index (χ1v) is 4.98. The molecule has 1 N–H and O–H groups in total. The molecule has 2 rings (SSSR count). The predicted octanol–water partition coefficient (Wildman–Crippen LogP) is -0.417. The Morgan fingerprint density at radius 2 is 2.35 bits per heavy atom. The van der Waals surface area contributed by atoms with Crippen LogP contribution in [0, 0.1) is 0 Å². The Morgan fingerprint density at radius 1 is 1.59 bits per heavy atom. The number of fused-ring (bicyclic) bond motifs is 1. The summed E-state index contributed by atoms with van der Waals surface area (Å²) < 4.78 is 7.50. The number of rotatable bonds is 4. The van der Waals surface area contributed by atoms with Crippen LogP contribution in [0.4, 0.5) is 0 Å². The lowest BCUT2D eigenvalue weighted by atomic mass is 10.5. The summed E-state index contributed by atoms with van der Waals surface area (Å²) in [7, 11) is 1.41. The molecule has 2 heterocycles. The Morgan fingerprint density at radius 3 is 3.06 bits per heavy atom. The number of ether oxygens (including phenoxy) is 1. The van der Waals surface area contributed by atoms with Crippen molar-refractivity contribution in [3.8, 4) is 0 Å². The molecule has 0 fully saturated rings. The molecule has 0 saturated carbocycles. The summed E-state index contributed by atoms with van der Waals surface area (Å²) >= 11 is 0. The molecule has 0 atom stereocenters. The molecular formula is C10H12N4O3. The molecule has 2 aromatic rings. The average molecular weight is 236 g/mol. The highest BCUT2D eigenvalue weighted by Gasteiger charge is 2.12. The molecule has 0 aliphatic carbocycles. The largest absolute Gasteiger partial charge is 0.356 e. The maximum Gasteiger partial charge on any atom is 0.334 e. The van der Waals surface area contributed by atoms with E-state index in [0.717, 1.165) is 4.57 Å². The second-order valence-corrected chi connectivity index (χ2v) is 3.46. The molecule has 7 nitrogen and oxygen atoms in total. The Bertz CT molecular complexity index is 664. The minimum Gasteiger partial charge on any atom is -0.356 e. The third kappa shape index (κ3) is 1.80. The van der Waals surface area contributed by atoms with Crippen LogP contribution < -0.4 is 11.2 Å². The highest BCUT2D eigenvalue weighted by molar-refractivity contribution is 5.68. The van der Waals surface area contributed by atoms with Gasteiger partial charge in [-0.1, -0.05) is 6.08 Å². The van der Waals surface area contributed by atoms with Crippen LogP contribution in [0.25, 0.3) is 11.2 Å². The quantitative estimate of drug-likeness (QED) is 0.577. The van der Waals surface area contributed by atoms with Crippen molar-refractivity contribution in [2.24, 2.45) is 7.05 Å². The number of nitrogens with one attached hydrogen (secondary N) is 1. The summed E-state index contributed by atoms with van der Waals surface area (Å²) in [6, 6.07) is 0. The molecule has 17 heavy (non-hydrogen) atoms. The number of aromatic nitrogens is 4. The summed E-state index contributed by atoms with van der Waals surface area (Å²) in [4.78, 5) is 30.2. The van der Waals surface area contributed by atoms with Gasteiger partial charge in [-0.05, 0) is 0 Å². The van der Waals surface area contributed by atoms with Crippen LogP contribution in [0.3, 0.4) is 0 Å². The van der Waals surface area contributed by atoms with Gasteiger partial charge in [0.15, 0.2) is 5.65 Å². The molecule has 0 saturated heterocycles. The van der Waals surface area contributed by atoms with Crippen molar-refractivity contribution in [3.63, 3.8) is 0 Å². The van der Waals surface area contributed by atoms with Gasteiger partial charge in [0, 0.05) is 7.05 Å². The van der Waals surface area contributed by atoms with E-state index in [9.17, 15) is 9.59 Å². The van der Waals surface area contributed by atoms with Crippen molar-refractivity contribution in [2.45, 2.75) is 6.73 Å². The third-order valence-corrected chi connectivity index (χ3v) is 2.37. The zero-order valence-corrected chi connectivity index (χ0v) is 9.34. The van der Waals surface area contributed by atoms with Crippen molar-refractivity contribution in [2.75, 3.05) is 6.61 Å². The van der Waals surface area contributed by atoms with Crippen molar-refractivity contribution in [1.29, 1.82) is 0 Å².